The van der Waals surface area contributed by atoms with Crippen molar-refractivity contribution in [3.8, 4) is 16.9 Å². The highest BCUT2D eigenvalue weighted by Crippen LogP contribution is 2.23. The summed E-state index contributed by atoms with van der Waals surface area (Å²) in [5.74, 6) is 0.0930. The highest BCUT2D eigenvalue weighted by molar-refractivity contribution is 5.94. The predicted molar refractivity (Wildman–Crippen MR) is 129 cm³/mol. The zero-order valence-corrected chi connectivity index (χ0v) is 19.2. The van der Waals surface area contributed by atoms with Crippen LogP contribution in [0.2, 0.25) is 0 Å². The molecule has 2 saturated heterocycles. The van der Waals surface area contributed by atoms with E-state index < -0.39 is 0 Å². The fourth-order valence-corrected chi connectivity index (χ4v) is 4.42. The summed E-state index contributed by atoms with van der Waals surface area (Å²) in [7, 11) is 0. The molecule has 3 aromatic rings. The number of carbonyl (C=O) groups excluding carboxylic acids is 2. The van der Waals surface area contributed by atoms with Crippen molar-refractivity contribution < 1.29 is 14.3 Å². The van der Waals surface area contributed by atoms with E-state index in [1.165, 1.54) is 0 Å². The van der Waals surface area contributed by atoms with Crippen LogP contribution >= 0.6 is 0 Å². The first kappa shape index (κ1) is 22.3. The van der Waals surface area contributed by atoms with Crippen LogP contribution in [0.3, 0.4) is 0 Å². The monoisotopic (exact) mass is 459 g/mol. The van der Waals surface area contributed by atoms with Crippen molar-refractivity contribution in [2.75, 3.05) is 59.0 Å². The lowest BCUT2D eigenvalue weighted by Gasteiger charge is -2.36. The van der Waals surface area contributed by atoms with E-state index in [1.807, 2.05) is 76.5 Å². The molecule has 8 nitrogen and oxygen atoms in total. The van der Waals surface area contributed by atoms with Gasteiger partial charge in [-0.15, -0.1) is 0 Å². The summed E-state index contributed by atoms with van der Waals surface area (Å²) in [6.45, 7) is 5.42. The Morgan fingerprint density at radius 2 is 1.44 bits per heavy atom. The predicted octanol–water partition coefficient (Wildman–Crippen LogP) is 2.16. The molecule has 34 heavy (non-hydrogen) atoms. The zero-order valence-electron chi connectivity index (χ0n) is 19.2. The Morgan fingerprint density at radius 1 is 0.794 bits per heavy atom. The van der Waals surface area contributed by atoms with Crippen molar-refractivity contribution >= 4 is 11.8 Å². The van der Waals surface area contributed by atoms with E-state index in [9.17, 15) is 9.59 Å². The van der Waals surface area contributed by atoms with Crippen molar-refractivity contribution in [3.63, 3.8) is 0 Å². The Balaban J connectivity index is 1.30. The summed E-state index contributed by atoms with van der Waals surface area (Å²) in [5.41, 5.74) is 3.13. The molecular weight excluding hydrogens is 430 g/mol. The number of morpholine rings is 1. The molecule has 0 saturated carbocycles. The summed E-state index contributed by atoms with van der Waals surface area (Å²) in [4.78, 5) is 32.0. The second-order valence-corrected chi connectivity index (χ2v) is 8.59. The van der Waals surface area contributed by atoms with Gasteiger partial charge in [-0.1, -0.05) is 48.5 Å². The molecule has 0 atom stereocenters. The number of carbonyl (C=O) groups is 2. The Kier molecular flexibility index (Phi) is 6.69. The lowest BCUT2D eigenvalue weighted by Crippen LogP contribution is -2.52. The van der Waals surface area contributed by atoms with E-state index in [4.69, 9.17) is 9.84 Å². The van der Waals surface area contributed by atoms with Crippen LogP contribution in [0.1, 0.15) is 10.5 Å². The fourth-order valence-electron chi connectivity index (χ4n) is 4.42. The maximum absolute atomic E-state index is 13.6. The number of para-hydroxylation sites is 1. The number of aromatic nitrogens is 2. The minimum absolute atomic E-state index is 0.0438. The highest BCUT2D eigenvalue weighted by atomic mass is 16.5. The number of rotatable bonds is 5. The maximum atomic E-state index is 13.6. The van der Waals surface area contributed by atoms with Crippen LogP contribution in [0, 0.1) is 0 Å². The molecule has 2 amide bonds. The smallest absolute Gasteiger partial charge is 0.272 e. The molecule has 0 aliphatic carbocycles. The van der Waals surface area contributed by atoms with Gasteiger partial charge in [0.1, 0.15) is 5.69 Å². The van der Waals surface area contributed by atoms with Gasteiger partial charge in [-0.3, -0.25) is 14.5 Å². The first-order valence-electron chi connectivity index (χ1n) is 11.8. The molecule has 1 aromatic heterocycles. The van der Waals surface area contributed by atoms with Crippen molar-refractivity contribution in [3.05, 3.63) is 72.4 Å². The molecule has 2 aromatic carbocycles. The summed E-state index contributed by atoms with van der Waals surface area (Å²) < 4.78 is 7.07. The molecule has 2 aliphatic rings. The van der Waals surface area contributed by atoms with E-state index in [0.717, 1.165) is 16.9 Å². The minimum atomic E-state index is -0.0438. The molecule has 2 fully saturated rings. The molecule has 0 bridgehead atoms. The van der Waals surface area contributed by atoms with Crippen LogP contribution < -0.4 is 0 Å². The number of benzene rings is 2. The van der Waals surface area contributed by atoms with Crippen LogP contribution in [-0.2, 0) is 9.53 Å². The van der Waals surface area contributed by atoms with Crippen molar-refractivity contribution in [1.82, 2.24) is 24.5 Å². The first-order valence-corrected chi connectivity index (χ1v) is 11.8. The van der Waals surface area contributed by atoms with Gasteiger partial charge < -0.3 is 14.5 Å². The molecule has 0 spiro atoms. The van der Waals surface area contributed by atoms with Crippen molar-refractivity contribution in [1.29, 1.82) is 0 Å². The molecule has 5 rings (SSSR count). The largest absolute Gasteiger partial charge is 0.378 e. The van der Waals surface area contributed by atoms with Gasteiger partial charge in [-0.2, -0.15) is 5.10 Å². The Bertz CT molecular complexity index is 1120. The van der Waals surface area contributed by atoms with Gasteiger partial charge in [-0.25, -0.2) is 4.68 Å². The molecule has 0 unspecified atom stereocenters. The Morgan fingerprint density at radius 3 is 2.12 bits per heavy atom. The van der Waals surface area contributed by atoms with Crippen molar-refractivity contribution in [2.24, 2.45) is 0 Å². The lowest BCUT2D eigenvalue weighted by atomic mass is 10.1. The first-order chi connectivity index (χ1) is 16.7. The normalized spacial score (nSPS) is 17.1. The Hall–Kier alpha value is -3.49. The third-order valence-corrected chi connectivity index (χ3v) is 6.38. The quantitative estimate of drug-likeness (QED) is 0.585. The average molecular weight is 460 g/mol. The molecule has 176 valence electrons. The van der Waals surface area contributed by atoms with E-state index in [-0.39, 0.29) is 11.8 Å². The molecule has 8 heteroatoms. The fraction of sp³-hybridized carbons (Fsp3) is 0.346. The van der Waals surface area contributed by atoms with Gasteiger partial charge in [-0.05, 0) is 18.2 Å². The van der Waals surface area contributed by atoms with E-state index in [2.05, 4.69) is 4.90 Å². The second kappa shape index (κ2) is 10.2. The number of amides is 2. The van der Waals surface area contributed by atoms with Crippen LogP contribution in [0.5, 0.6) is 0 Å². The van der Waals surface area contributed by atoms with Gasteiger partial charge in [0.15, 0.2) is 0 Å². The molecule has 0 radical (unpaired) electrons. The second-order valence-electron chi connectivity index (χ2n) is 8.59. The number of hydrogen-bond acceptors (Lipinski definition) is 5. The number of hydrogen-bond donors (Lipinski definition) is 0. The Labute approximate surface area is 199 Å². The van der Waals surface area contributed by atoms with Gasteiger partial charge in [0.25, 0.3) is 5.91 Å². The van der Waals surface area contributed by atoms with Gasteiger partial charge >= 0.3 is 0 Å². The molecule has 2 aliphatic heterocycles. The third kappa shape index (κ3) is 4.88. The highest BCUT2D eigenvalue weighted by Gasteiger charge is 2.28. The number of ether oxygens (including phenoxy) is 1. The van der Waals surface area contributed by atoms with Crippen LogP contribution in [-0.4, -0.2) is 95.3 Å². The van der Waals surface area contributed by atoms with Crippen LogP contribution in [0.25, 0.3) is 16.9 Å². The van der Waals surface area contributed by atoms with E-state index in [0.29, 0.717) is 64.7 Å². The summed E-state index contributed by atoms with van der Waals surface area (Å²) in [5, 5.41) is 4.77. The van der Waals surface area contributed by atoms with Gasteiger partial charge in [0.05, 0.1) is 31.1 Å². The zero-order chi connectivity index (χ0) is 23.3. The summed E-state index contributed by atoms with van der Waals surface area (Å²) >= 11 is 0. The van der Waals surface area contributed by atoms with Crippen LogP contribution in [0.15, 0.2) is 66.7 Å². The minimum Gasteiger partial charge on any atom is -0.378 e. The molecular formula is C26H29N5O3. The third-order valence-electron chi connectivity index (χ3n) is 6.38. The number of nitrogens with zero attached hydrogens (tertiary/aromatic N) is 5. The van der Waals surface area contributed by atoms with Crippen LogP contribution in [0.4, 0.5) is 0 Å². The number of piperazine rings is 1. The standard InChI is InChI=1S/C26H29N5O3/c32-25(29-15-17-34-18-16-29)20-28-11-13-30(14-12-28)26(33)24-19-23(21-7-3-1-4-8-21)27-31(24)22-9-5-2-6-10-22/h1-10,19H,11-18,20H2. The summed E-state index contributed by atoms with van der Waals surface area (Å²) in [6, 6.07) is 21.5. The van der Waals surface area contributed by atoms with Gasteiger partial charge in [0.2, 0.25) is 5.91 Å². The molecule has 3 heterocycles. The van der Waals surface area contributed by atoms with E-state index in [1.54, 1.807) is 4.68 Å². The van der Waals surface area contributed by atoms with Gasteiger partial charge in [0, 0.05) is 44.8 Å². The lowest BCUT2D eigenvalue weighted by molar-refractivity contribution is -0.136. The SMILES string of the molecule is O=C(CN1CCN(C(=O)c2cc(-c3ccccc3)nn2-c2ccccc2)CC1)N1CCOCC1. The van der Waals surface area contributed by atoms with E-state index >= 15 is 0 Å². The topological polar surface area (TPSA) is 70.9 Å². The maximum Gasteiger partial charge on any atom is 0.272 e. The average Bonchev–Trinajstić information content (AvgIpc) is 3.36. The van der Waals surface area contributed by atoms with Crippen molar-refractivity contribution in [2.45, 2.75) is 0 Å². The summed E-state index contributed by atoms with van der Waals surface area (Å²) in [6.07, 6.45) is 0. The molecule has 0 N–H and O–H groups in total.